The number of imide groups is 1. The quantitative estimate of drug-likeness (QED) is 0.783. The minimum Gasteiger partial charge on any atom is -0.378 e. The fourth-order valence-corrected chi connectivity index (χ4v) is 4.41. The van der Waals surface area contributed by atoms with Gasteiger partial charge in [-0.25, -0.2) is 0 Å². The van der Waals surface area contributed by atoms with E-state index in [2.05, 4.69) is 11.0 Å². The molecule has 2 aliphatic heterocycles. The van der Waals surface area contributed by atoms with Gasteiger partial charge in [-0.15, -0.1) is 0 Å². The van der Waals surface area contributed by atoms with Crippen LogP contribution < -0.4 is 4.90 Å². The Bertz CT molecular complexity index is 719. The first-order valence-corrected chi connectivity index (χ1v) is 9.61. The molecule has 2 atom stereocenters. The third kappa shape index (κ3) is 3.16. The standard InChI is InChI=1S/C21H26N2O3/c1-15-6-8-16(9-7-15)23-20(24)14-18(21(23)25)17-4-2-3-5-19(17)22-10-12-26-13-11-22/h5-9,17-18H,2-4,10-14H2,1H3. The molecule has 0 N–H and O–H groups in total. The molecule has 2 saturated heterocycles. The van der Waals surface area contributed by atoms with Crippen LogP contribution in [0.3, 0.4) is 0 Å². The predicted octanol–water partition coefficient (Wildman–Crippen LogP) is 2.89. The molecule has 0 spiro atoms. The molecule has 2 unspecified atom stereocenters. The van der Waals surface area contributed by atoms with Gasteiger partial charge in [0.2, 0.25) is 11.8 Å². The van der Waals surface area contributed by atoms with E-state index in [-0.39, 0.29) is 23.7 Å². The van der Waals surface area contributed by atoms with Crippen LogP contribution in [0.15, 0.2) is 36.0 Å². The number of carbonyl (C=O) groups excluding carboxylic acids is 2. The van der Waals surface area contributed by atoms with Gasteiger partial charge in [0.05, 0.1) is 24.8 Å². The molecule has 0 aromatic heterocycles. The van der Waals surface area contributed by atoms with Gasteiger partial charge in [-0.05, 0) is 38.3 Å². The Kier molecular flexibility index (Phi) is 4.81. The number of morpholine rings is 1. The molecule has 3 aliphatic rings. The van der Waals surface area contributed by atoms with Crippen LogP contribution >= 0.6 is 0 Å². The number of nitrogens with zero attached hydrogens (tertiary/aromatic N) is 2. The fraction of sp³-hybridized carbons (Fsp3) is 0.524. The summed E-state index contributed by atoms with van der Waals surface area (Å²) in [6, 6.07) is 7.63. The number of hydrogen-bond donors (Lipinski definition) is 0. The highest BCUT2D eigenvalue weighted by Gasteiger charge is 2.45. The molecule has 5 nitrogen and oxygen atoms in total. The van der Waals surface area contributed by atoms with E-state index < -0.39 is 0 Å². The summed E-state index contributed by atoms with van der Waals surface area (Å²) in [7, 11) is 0. The number of allylic oxidation sites excluding steroid dienone is 2. The van der Waals surface area contributed by atoms with E-state index in [1.807, 2.05) is 31.2 Å². The highest BCUT2D eigenvalue weighted by atomic mass is 16.5. The number of aryl methyl sites for hydroxylation is 1. The maximum atomic E-state index is 13.2. The Morgan fingerprint density at radius 2 is 1.77 bits per heavy atom. The van der Waals surface area contributed by atoms with Gasteiger partial charge in [0.25, 0.3) is 0 Å². The summed E-state index contributed by atoms with van der Waals surface area (Å²) < 4.78 is 5.48. The van der Waals surface area contributed by atoms with E-state index >= 15 is 0 Å². The fourth-order valence-electron chi connectivity index (χ4n) is 4.41. The number of carbonyl (C=O) groups is 2. The van der Waals surface area contributed by atoms with E-state index in [4.69, 9.17) is 4.74 Å². The Balaban J connectivity index is 1.57. The van der Waals surface area contributed by atoms with Crippen LogP contribution in [0, 0.1) is 18.8 Å². The summed E-state index contributed by atoms with van der Waals surface area (Å²) in [4.78, 5) is 29.6. The maximum Gasteiger partial charge on any atom is 0.238 e. The average Bonchev–Trinajstić information content (AvgIpc) is 2.97. The number of anilines is 1. The lowest BCUT2D eigenvalue weighted by Crippen LogP contribution is -2.41. The molecule has 0 radical (unpaired) electrons. The van der Waals surface area contributed by atoms with Gasteiger partial charge in [0.15, 0.2) is 0 Å². The molecule has 0 saturated carbocycles. The van der Waals surface area contributed by atoms with Crippen molar-refractivity contribution < 1.29 is 14.3 Å². The van der Waals surface area contributed by atoms with Crippen molar-refractivity contribution in [1.82, 2.24) is 4.90 Å². The van der Waals surface area contributed by atoms with Crippen LogP contribution in [0.5, 0.6) is 0 Å². The van der Waals surface area contributed by atoms with E-state index in [1.165, 1.54) is 10.6 Å². The molecule has 5 heteroatoms. The van der Waals surface area contributed by atoms with Crippen molar-refractivity contribution >= 4 is 17.5 Å². The number of hydrogen-bond acceptors (Lipinski definition) is 4. The summed E-state index contributed by atoms with van der Waals surface area (Å²) in [6.07, 6.45) is 5.72. The van der Waals surface area contributed by atoms with Crippen molar-refractivity contribution in [3.8, 4) is 0 Å². The maximum absolute atomic E-state index is 13.2. The summed E-state index contributed by atoms with van der Waals surface area (Å²) in [5, 5.41) is 0. The van der Waals surface area contributed by atoms with Crippen LogP contribution in [0.25, 0.3) is 0 Å². The SMILES string of the molecule is Cc1ccc(N2C(=O)CC(C3CCCC=C3N3CCOCC3)C2=O)cc1. The second kappa shape index (κ2) is 7.23. The smallest absolute Gasteiger partial charge is 0.238 e. The normalized spacial score (nSPS) is 27.0. The monoisotopic (exact) mass is 354 g/mol. The van der Waals surface area contributed by atoms with Gasteiger partial charge in [-0.1, -0.05) is 23.8 Å². The number of ether oxygens (including phenoxy) is 1. The molecule has 138 valence electrons. The number of amides is 2. The van der Waals surface area contributed by atoms with Gasteiger partial charge < -0.3 is 9.64 Å². The molecule has 0 bridgehead atoms. The van der Waals surface area contributed by atoms with Crippen LogP contribution in [0.1, 0.15) is 31.2 Å². The topological polar surface area (TPSA) is 49.9 Å². The van der Waals surface area contributed by atoms with Crippen molar-refractivity contribution in [2.75, 3.05) is 31.2 Å². The molecule has 2 amide bonds. The first-order chi connectivity index (χ1) is 12.6. The summed E-state index contributed by atoms with van der Waals surface area (Å²) in [6.45, 7) is 5.22. The lowest BCUT2D eigenvalue weighted by molar-refractivity contribution is -0.123. The van der Waals surface area contributed by atoms with Crippen molar-refractivity contribution in [2.45, 2.75) is 32.6 Å². The van der Waals surface area contributed by atoms with Gasteiger partial charge >= 0.3 is 0 Å². The third-order valence-corrected chi connectivity index (χ3v) is 5.79. The zero-order valence-electron chi connectivity index (χ0n) is 15.3. The van der Waals surface area contributed by atoms with Crippen molar-refractivity contribution in [3.05, 3.63) is 41.6 Å². The number of rotatable bonds is 3. The predicted molar refractivity (Wildman–Crippen MR) is 99.6 cm³/mol. The average molecular weight is 354 g/mol. The molecular weight excluding hydrogens is 328 g/mol. The van der Waals surface area contributed by atoms with Gasteiger partial charge in [-0.2, -0.15) is 0 Å². The lowest BCUT2D eigenvalue weighted by atomic mass is 9.80. The third-order valence-electron chi connectivity index (χ3n) is 5.79. The van der Waals surface area contributed by atoms with Crippen LogP contribution in [-0.2, 0) is 14.3 Å². The first-order valence-electron chi connectivity index (χ1n) is 9.61. The lowest BCUT2D eigenvalue weighted by Gasteiger charge is -2.38. The molecule has 26 heavy (non-hydrogen) atoms. The summed E-state index contributed by atoms with van der Waals surface area (Å²) >= 11 is 0. The second-order valence-electron chi connectivity index (χ2n) is 7.48. The Hall–Kier alpha value is -2.14. The van der Waals surface area contributed by atoms with Crippen molar-refractivity contribution in [2.24, 2.45) is 11.8 Å². The van der Waals surface area contributed by atoms with Crippen molar-refractivity contribution in [3.63, 3.8) is 0 Å². The Morgan fingerprint density at radius 1 is 1.04 bits per heavy atom. The minimum atomic E-state index is -0.238. The van der Waals surface area contributed by atoms with Crippen LogP contribution in [0.4, 0.5) is 5.69 Å². The van der Waals surface area contributed by atoms with Crippen molar-refractivity contribution in [1.29, 1.82) is 0 Å². The Labute approximate surface area is 154 Å². The molecular formula is C21H26N2O3. The van der Waals surface area contributed by atoms with E-state index in [9.17, 15) is 9.59 Å². The molecule has 1 aromatic carbocycles. The molecule has 2 fully saturated rings. The first kappa shape index (κ1) is 17.3. The largest absolute Gasteiger partial charge is 0.378 e. The van der Waals surface area contributed by atoms with Gasteiger partial charge in [0, 0.05) is 31.1 Å². The number of benzene rings is 1. The highest BCUT2D eigenvalue weighted by Crippen LogP contribution is 2.40. The van der Waals surface area contributed by atoms with E-state index in [0.29, 0.717) is 12.1 Å². The molecule has 4 rings (SSSR count). The zero-order valence-corrected chi connectivity index (χ0v) is 15.3. The summed E-state index contributed by atoms with van der Waals surface area (Å²) in [5.41, 5.74) is 3.08. The van der Waals surface area contributed by atoms with Gasteiger partial charge in [-0.3, -0.25) is 14.5 Å². The minimum absolute atomic E-state index is 0.0371. The van der Waals surface area contributed by atoms with Crippen LogP contribution in [0.2, 0.25) is 0 Å². The molecule has 1 aromatic rings. The second-order valence-corrected chi connectivity index (χ2v) is 7.48. The van der Waals surface area contributed by atoms with Gasteiger partial charge in [0.1, 0.15) is 0 Å². The zero-order chi connectivity index (χ0) is 18.1. The Morgan fingerprint density at radius 3 is 2.50 bits per heavy atom. The van der Waals surface area contributed by atoms with Crippen LogP contribution in [-0.4, -0.2) is 43.0 Å². The molecule has 2 heterocycles. The summed E-state index contributed by atoms with van der Waals surface area (Å²) in [5.74, 6) is -0.201. The highest BCUT2D eigenvalue weighted by molar-refractivity contribution is 6.21. The molecule has 1 aliphatic carbocycles. The van der Waals surface area contributed by atoms with E-state index in [1.54, 1.807) is 0 Å². The van der Waals surface area contributed by atoms with E-state index in [0.717, 1.165) is 51.1 Å².